The number of anilines is 1. The van der Waals surface area contributed by atoms with Crippen LogP contribution in [0.5, 0.6) is 0 Å². The lowest BCUT2D eigenvalue weighted by Gasteiger charge is -2.37. The number of hydrogen-bond acceptors (Lipinski definition) is 6. The first-order chi connectivity index (χ1) is 17.1. The highest BCUT2D eigenvalue weighted by Crippen LogP contribution is 2.48. The van der Waals surface area contributed by atoms with E-state index in [1.807, 2.05) is 18.7 Å². The summed E-state index contributed by atoms with van der Waals surface area (Å²) in [6, 6.07) is 6.19. The van der Waals surface area contributed by atoms with Gasteiger partial charge in [-0.2, -0.15) is 18.2 Å². The number of alkyl halides is 3. The van der Waals surface area contributed by atoms with Crippen molar-refractivity contribution in [2.24, 2.45) is 0 Å². The molecule has 2 aliphatic heterocycles. The molecule has 1 aromatic heterocycles. The van der Waals surface area contributed by atoms with Crippen LogP contribution in [0.1, 0.15) is 19.4 Å². The summed E-state index contributed by atoms with van der Waals surface area (Å²) >= 11 is 1.22. The molecular formula is C25H26F4N4O2S. The van der Waals surface area contributed by atoms with Crippen LogP contribution in [0.15, 0.2) is 40.0 Å². The van der Waals surface area contributed by atoms with Gasteiger partial charge in [0.1, 0.15) is 11.6 Å². The lowest BCUT2D eigenvalue weighted by atomic mass is 9.96. The van der Waals surface area contributed by atoms with Gasteiger partial charge in [0.05, 0.1) is 23.7 Å². The molecule has 1 fully saturated rings. The number of aromatic nitrogens is 2. The summed E-state index contributed by atoms with van der Waals surface area (Å²) in [5, 5.41) is 3.67. The summed E-state index contributed by atoms with van der Waals surface area (Å²) < 4.78 is 64.4. The van der Waals surface area contributed by atoms with E-state index in [0.717, 1.165) is 18.2 Å². The first-order valence-corrected chi connectivity index (χ1v) is 12.7. The Kier molecular flexibility index (Phi) is 6.50. The Labute approximate surface area is 209 Å². The van der Waals surface area contributed by atoms with Crippen molar-refractivity contribution in [3.8, 4) is 11.1 Å². The van der Waals surface area contributed by atoms with E-state index in [1.165, 1.54) is 35.6 Å². The smallest absolute Gasteiger partial charge is 0.379 e. The van der Waals surface area contributed by atoms with Crippen molar-refractivity contribution in [3.05, 3.63) is 52.2 Å². The number of rotatable bonds is 3. The first-order valence-electron chi connectivity index (χ1n) is 11.7. The van der Waals surface area contributed by atoms with Gasteiger partial charge in [-0.15, -0.1) is 11.8 Å². The largest absolute Gasteiger partial charge is 0.417 e. The van der Waals surface area contributed by atoms with E-state index in [9.17, 15) is 22.4 Å². The van der Waals surface area contributed by atoms with Gasteiger partial charge < -0.3 is 15.0 Å². The minimum absolute atomic E-state index is 0.0656. The number of thioether (sulfide) groups is 1. The maximum absolute atomic E-state index is 14.6. The first kappa shape index (κ1) is 25.0. The Balaban J connectivity index is 1.88. The molecule has 11 heteroatoms. The number of hydrogen-bond donors (Lipinski definition) is 1. The zero-order chi connectivity index (χ0) is 25.8. The van der Waals surface area contributed by atoms with Gasteiger partial charge in [-0.25, -0.2) is 9.18 Å². The molecule has 0 radical (unpaired) electrons. The molecule has 2 aromatic carbocycles. The van der Waals surface area contributed by atoms with E-state index in [0.29, 0.717) is 29.3 Å². The number of piperazine rings is 1. The minimum Gasteiger partial charge on any atom is -0.379 e. The number of halogens is 4. The third-order valence-electron chi connectivity index (χ3n) is 6.63. The van der Waals surface area contributed by atoms with Crippen molar-refractivity contribution >= 4 is 28.5 Å². The van der Waals surface area contributed by atoms with Crippen molar-refractivity contribution in [3.63, 3.8) is 0 Å². The number of methoxy groups -OCH3 is 1. The fourth-order valence-electron chi connectivity index (χ4n) is 5.15. The monoisotopic (exact) mass is 522 g/mol. The number of benzene rings is 2. The van der Waals surface area contributed by atoms with Crippen molar-refractivity contribution < 1.29 is 22.3 Å². The minimum atomic E-state index is -4.69. The Morgan fingerprint density at radius 2 is 1.78 bits per heavy atom. The van der Waals surface area contributed by atoms with Crippen LogP contribution in [-0.2, 0) is 17.5 Å². The highest BCUT2D eigenvalue weighted by molar-refractivity contribution is 7.99. The Hall–Kier alpha value is -2.63. The van der Waals surface area contributed by atoms with Gasteiger partial charge in [-0.3, -0.25) is 4.57 Å². The fourth-order valence-corrected chi connectivity index (χ4v) is 6.47. The molecule has 0 saturated carbocycles. The van der Waals surface area contributed by atoms with E-state index in [2.05, 4.69) is 10.3 Å². The highest BCUT2D eigenvalue weighted by Gasteiger charge is 2.38. The lowest BCUT2D eigenvalue weighted by molar-refractivity contribution is -0.137. The predicted octanol–water partition coefficient (Wildman–Crippen LogP) is 4.53. The molecule has 1 saturated heterocycles. The molecule has 1 N–H and O–H groups in total. The van der Waals surface area contributed by atoms with Crippen LogP contribution in [0, 0.1) is 5.82 Å². The average molecular weight is 523 g/mol. The van der Waals surface area contributed by atoms with Gasteiger partial charge in [0.25, 0.3) is 0 Å². The molecule has 192 valence electrons. The third kappa shape index (κ3) is 4.48. The summed E-state index contributed by atoms with van der Waals surface area (Å²) in [6.07, 6.45) is -5.09. The van der Waals surface area contributed by atoms with E-state index in [-0.39, 0.29) is 41.0 Å². The van der Waals surface area contributed by atoms with Crippen LogP contribution in [0.4, 0.5) is 23.4 Å². The summed E-state index contributed by atoms with van der Waals surface area (Å²) in [5.74, 6) is 0.0518. The molecule has 3 unspecified atom stereocenters. The van der Waals surface area contributed by atoms with Crippen molar-refractivity contribution in [1.29, 1.82) is 0 Å². The Morgan fingerprint density at radius 1 is 1.11 bits per heavy atom. The van der Waals surface area contributed by atoms with Crippen LogP contribution in [-0.4, -0.2) is 53.7 Å². The van der Waals surface area contributed by atoms with Crippen LogP contribution < -0.4 is 15.9 Å². The van der Waals surface area contributed by atoms with Crippen molar-refractivity contribution in [2.75, 3.05) is 30.9 Å². The second-order valence-corrected chi connectivity index (χ2v) is 10.4. The van der Waals surface area contributed by atoms with Crippen molar-refractivity contribution in [1.82, 2.24) is 14.9 Å². The number of ether oxygens (including phenoxy) is 1. The Bertz CT molecular complexity index is 1350. The standard InChI is InChI=1S/C25H26F4N4O2S/c1-13-9-32(10-14(2)30-13)23-18-8-19(25(27,28)29)20(15-4-6-16(26)7-5-15)22-21(18)33(24(34)31-23)11-17(35-3)12-36-22/h4-8,13-14,17,30H,9-12H2,1-3H3. The second kappa shape index (κ2) is 9.35. The van der Waals surface area contributed by atoms with E-state index >= 15 is 0 Å². The van der Waals surface area contributed by atoms with Crippen LogP contribution in [0.3, 0.4) is 0 Å². The summed E-state index contributed by atoms with van der Waals surface area (Å²) in [6.45, 7) is 5.14. The predicted molar refractivity (Wildman–Crippen MR) is 132 cm³/mol. The normalized spacial score (nSPS) is 22.6. The molecule has 36 heavy (non-hydrogen) atoms. The molecule has 0 amide bonds. The van der Waals surface area contributed by atoms with Crippen LogP contribution in [0.2, 0.25) is 0 Å². The van der Waals surface area contributed by atoms with Gasteiger partial charge in [0.15, 0.2) is 0 Å². The number of nitrogens with zero attached hydrogens (tertiary/aromatic N) is 3. The molecule has 2 aliphatic rings. The molecule has 0 bridgehead atoms. The molecule has 3 atom stereocenters. The van der Waals surface area contributed by atoms with Gasteiger partial charge in [-0.05, 0) is 37.6 Å². The average Bonchev–Trinajstić information content (AvgIpc) is 3.01. The zero-order valence-electron chi connectivity index (χ0n) is 20.0. The lowest BCUT2D eigenvalue weighted by Crippen LogP contribution is -2.55. The van der Waals surface area contributed by atoms with E-state index in [4.69, 9.17) is 4.74 Å². The quantitative estimate of drug-likeness (QED) is 0.511. The topological polar surface area (TPSA) is 59.4 Å². The molecule has 3 aromatic rings. The summed E-state index contributed by atoms with van der Waals surface area (Å²) in [5.41, 5.74) is -0.813. The molecule has 6 nitrogen and oxygen atoms in total. The summed E-state index contributed by atoms with van der Waals surface area (Å²) in [4.78, 5) is 19.9. The van der Waals surface area contributed by atoms with Gasteiger partial charge in [0, 0.05) is 53.9 Å². The SMILES string of the molecule is COC1CSc2c(-c3ccc(F)cc3)c(C(F)(F)F)cc3c(N4CC(C)NC(C)C4)nc(=O)n(c23)C1. The van der Waals surface area contributed by atoms with Crippen LogP contribution in [0.25, 0.3) is 22.0 Å². The Morgan fingerprint density at radius 3 is 2.39 bits per heavy atom. The fraction of sp³-hybridized carbons (Fsp3) is 0.440. The van der Waals surface area contributed by atoms with E-state index in [1.54, 1.807) is 0 Å². The maximum Gasteiger partial charge on any atom is 0.417 e. The summed E-state index contributed by atoms with van der Waals surface area (Å²) in [7, 11) is 1.51. The molecule has 3 heterocycles. The molecule has 0 spiro atoms. The van der Waals surface area contributed by atoms with Gasteiger partial charge in [0.2, 0.25) is 0 Å². The second-order valence-electron chi connectivity index (χ2n) is 9.40. The highest BCUT2D eigenvalue weighted by atomic mass is 32.2. The zero-order valence-corrected chi connectivity index (χ0v) is 20.8. The van der Waals surface area contributed by atoms with Crippen LogP contribution >= 0.6 is 11.8 Å². The molecule has 0 aliphatic carbocycles. The third-order valence-corrected chi connectivity index (χ3v) is 7.85. The molecular weight excluding hydrogens is 496 g/mol. The number of nitrogens with one attached hydrogen (secondary N) is 1. The maximum atomic E-state index is 14.6. The van der Waals surface area contributed by atoms with E-state index < -0.39 is 29.4 Å². The van der Waals surface area contributed by atoms with Crippen molar-refractivity contribution in [2.45, 2.75) is 49.7 Å². The van der Waals surface area contributed by atoms with Gasteiger partial charge >= 0.3 is 11.9 Å². The van der Waals surface area contributed by atoms with Gasteiger partial charge in [-0.1, -0.05) is 12.1 Å². The molecule has 5 rings (SSSR count).